The van der Waals surface area contributed by atoms with Crippen molar-refractivity contribution in [3.8, 4) is 0 Å². The minimum atomic E-state index is -2.63. The van der Waals surface area contributed by atoms with Crippen LogP contribution in [0, 0.1) is 5.41 Å². The molecule has 0 N–H and O–H groups in total. The number of anilines is 1. The van der Waals surface area contributed by atoms with Crippen molar-refractivity contribution in [2.45, 2.75) is 25.3 Å². The summed E-state index contributed by atoms with van der Waals surface area (Å²) in [6.45, 7) is 2.55. The van der Waals surface area contributed by atoms with Gasteiger partial charge in [0.25, 0.3) is 5.92 Å². The molecule has 0 aliphatic carbocycles. The predicted octanol–water partition coefficient (Wildman–Crippen LogP) is 3.21. The first kappa shape index (κ1) is 16.4. The normalized spacial score (nSPS) is 26.2. The third kappa shape index (κ3) is 3.11. The monoisotopic (exact) mass is 344 g/mol. The van der Waals surface area contributed by atoms with Crippen LogP contribution in [-0.2, 0) is 6.54 Å². The van der Waals surface area contributed by atoms with Gasteiger partial charge in [0.1, 0.15) is 5.82 Å². The van der Waals surface area contributed by atoms with Crippen molar-refractivity contribution in [1.29, 1.82) is 0 Å². The smallest absolute Gasteiger partial charge is 0.257 e. The van der Waals surface area contributed by atoms with E-state index in [4.69, 9.17) is 0 Å². The van der Waals surface area contributed by atoms with E-state index in [1.54, 1.807) is 18.6 Å². The maximum absolute atomic E-state index is 14.9. The Balaban J connectivity index is 1.52. The molecule has 132 valence electrons. The highest BCUT2D eigenvalue weighted by Gasteiger charge is 2.59. The number of likely N-dealkylation sites (tertiary alicyclic amines) is 1. The molecular weight excluding hydrogens is 322 g/mol. The molecule has 4 nitrogen and oxygen atoms in total. The zero-order chi connectivity index (χ0) is 17.3. The Morgan fingerprint density at radius 2 is 1.80 bits per heavy atom. The van der Waals surface area contributed by atoms with Gasteiger partial charge < -0.3 is 4.90 Å². The van der Waals surface area contributed by atoms with Gasteiger partial charge >= 0.3 is 0 Å². The van der Waals surface area contributed by atoms with Gasteiger partial charge in [0.05, 0.1) is 5.41 Å². The number of alkyl halides is 2. The molecule has 0 aromatic carbocycles. The highest BCUT2D eigenvalue weighted by Crippen LogP contribution is 2.50. The first-order valence-electron chi connectivity index (χ1n) is 8.73. The summed E-state index contributed by atoms with van der Waals surface area (Å²) in [7, 11) is 0. The number of rotatable bonds is 3. The van der Waals surface area contributed by atoms with E-state index in [9.17, 15) is 8.78 Å². The van der Waals surface area contributed by atoms with E-state index in [0.29, 0.717) is 39.1 Å². The van der Waals surface area contributed by atoms with E-state index >= 15 is 0 Å². The standard InChI is InChI=1S/C19H22F2N4/c20-19(21)7-11-24(13-16-4-9-22-10-5-16)14-18(19)6-12-25(15-18)17-3-1-2-8-23-17/h1-5,8-10H,6-7,11-15H2/t18-/m1/s1. The number of hydrogen-bond acceptors (Lipinski definition) is 4. The summed E-state index contributed by atoms with van der Waals surface area (Å²) in [4.78, 5) is 12.5. The molecule has 2 fully saturated rings. The number of pyridine rings is 2. The van der Waals surface area contributed by atoms with Crippen LogP contribution in [0.5, 0.6) is 0 Å². The van der Waals surface area contributed by atoms with Crippen LogP contribution in [0.2, 0.25) is 0 Å². The summed E-state index contributed by atoms with van der Waals surface area (Å²) in [5.41, 5.74) is 0.130. The molecule has 2 aromatic heterocycles. The van der Waals surface area contributed by atoms with Crippen molar-refractivity contribution in [3.63, 3.8) is 0 Å². The molecule has 2 aliphatic rings. The molecular formula is C19H22F2N4. The van der Waals surface area contributed by atoms with E-state index in [1.165, 1.54) is 0 Å². The molecule has 25 heavy (non-hydrogen) atoms. The third-order valence-electron chi connectivity index (χ3n) is 5.53. The fraction of sp³-hybridized carbons (Fsp3) is 0.474. The van der Waals surface area contributed by atoms with Crippen molar-refractivity contribution >= 4 is 5.82 Å². The maximum Gasteiger partial charge on any atom is 0.257 e. The molecule has 1 spiro atoms. The fourth-order valence-electron chi connectivity index (χ4n) is 4.10. The number of aromatic nitrogens is 2. The first-order valence-corrected chi connectivity index (χ1v) is 8.73. The summed E-state index contributed by atoms with van der Waals surface area (Å²) in [6, 6.07) is 9.56. The molecule has 0 bridgehead atoms. The highest BCUT2D eigenvalue weighted by atomic mass is 19.3. The summed E-state index contributed by atoms with van der Waals surface area (Å²) in [5, 5.41) is 0. The van der Waals surface area contributed by atoms with Gasteiger partial charge in [-0.15, -0.1) is 0 Å². The molecule has 2 saturated heterocycles. The zero-order valence-corrected chi connectivity index (χ0v) is 14.1. The predicted molar refractivity (Wildman–Crippen MR) is 92.6 cm³/mol. The lowest BCUT2D eigenvalue weighted by molar-refractivity contribution is -0.158. The molecule has 2 aromatic rings. The van der Waals surface area contributed by atoms with Gasteiger partial charge in [-0.2, -0.15) is 0 Å². The van der Waals surface area contributed by atoms with Crippen LogP contribution in [-0.4, -0.2) is 47.0 Å². The molecule has 4 heterocycles. The van der Waals surface area contributed by atoms with E-state index < -0.39 is 11.3 Å². The second-order valence-corrected chi connectivity index (χ2v) is 7.16. The molecule has 1 atom stereocenters. The van der Waals surface area contributed by atoms with E-state index in [1.807, 2.05) is 35.2 Å². The topological polar surface area (TPSA) is 32.3 Å². The Morgan fingerprint density at radius 3 is 2.56 bits per heavy atom. The van der Waals surface area contributed by atoms with Crippen LogP contribution in [0.4, 0.5) is 14.6 Å². The van der Waals surface area contributed by atoms with E-state index in [-0.39, 0.29) is 6.42 Å². The van der Waals surface area contributed by atoms with Gasteiger partial charge in [-0.3, -0.25) is 9.88 Å². The number of nitrogens with zero attached hydrogens (tertiary/aromatic N) is 4. The maximum atomic E-state index is 14.9. The molecule has 2 aliphatic heterocycles. The van der Waals surface area contributed by atoms with Gasteiger partial charge in [0.2, 0.25) is 0 Å². The summed E-state index contributed by atoms with van der Waals surface area (Å²) in [6.07, 6.45) is 5.65. The van der Waals surface area contributed by atoms with Gasteiger partial charge in [-0.05, 0) is 36.2 Å². The molecule has 4 rings (SSSR count). The SMILES string of the molecule is FC1(F)CCN(Cc2ccncc2)C[C@@]12CCN(c1ccccn1)C2. The van der Waals surface area contributed by atoms with Crippen LogP contribution in [0.1, 0.15) is 18.4 Å². The lowest BCUT2D eigenvalue weighted by Crippen LogP contribution is -2.56. The molecule has 0 unspecified atom stereocenters. The minimum Gasteiger partial charge on any atom is -0.356 e. The number of hydrogen-bond donors (Lipinski definition) is 0. The summed E-state index contributed by atoms with van der Waals surface area (Å²) in [5.74, 6) is -1.84. The molecule has 0 radical (unpaired) electrons. The number of piperidine rings is 1. The molecule has 6 heteroatoms. The van der Waals surface area contributed by atoms with Gasteiger partial charge in [-0.25, -0.2) is 13.8 Å². The largest absolute Gasteiger partial charge is 0.356 e. The van der Waals surface area contributed by atoms with Crippen LogP contribution in [0.15, 0.2) is 48.9 Å². The van der Waals surface area contributed by atoms with Crippen LogP contribution in [0.3, 0.4) is 0 Å². The zero-order valence-electron chi connectivity index (χ0n) is 14.1. The summed E-state index contributed by atoms with van der Waals surface area (Å²) >= 11 is 0. The van der Waals surface area contributed by atoms with Crippen LogP contribution < -0.4 is 4.90 Å². The Kier molecular flexibility index (Phi) is 4.15. The van der Waals surface area contributed by atoms with E-state index in [0.717, 1.165) is 11.4 Å². The molecule has 0 saturated carbocycles. The van der Waals surface area contributed by atoms with Crippen molar-refractivity contribution < 1.29 is 8.78 Å². The third-order valence-corrected chi connectivity index (χ3v) is 5.53. The first-order chi connectivity index (χ1) is 12.1. The quantitative estimate of drug-likeness (QED) is 0.856. The van der Waals surface area contributed by atoms with Crippen LogP contribution in [0.25, 0.3) is 0 Å². The average molecular weight is 344 g/mol. The Bertz CT molecular complexity index is 710. The van der Waals surface area contributed by atoms with Crippen molar-refractivity contribution in [2.75, 3.05) is 31.1 Å². The lowest BCUT2D eigenvalue weighted by Gasteiger charge is -2.46. The van der Waals surface area contributed by atoms with Crippen LogP contribution >= 0.6 is 0 Å². The van der Waals surface area contributed by atoms with Crippen molar-refractivity contribution in [1.82, 2.24) is 14.9 Å². The summed E-state index contributed by atoms with van der Waals surface area (Å²) < 4.78 is 29.8. The average Bonchev–Trinajstić information content (AvgIpc) is 3.06. The lowest BCUT2D eigenvalue weighted by atomic mass is 9.75. The Morgan fingerprint density at radius 1 is 0.960 bits per heavy atom. The second kappa shape index (κ2) is 6.33. The minimum absolute atomic E-state index is 0.0753. The van der Waals surface area contributed by atoms with Crippen molar-refractivity contribution in [3.05, 3.63) is 54.5 Å². The highest BCUT2D eigenvalue weighted by molar-refractivity contribution is 5.40. The Hall–Kier alpha value is -2.08. The Labute approximate surface area is 146 Å². The van der Waals surface area contributed by atoms with E-state index in [2.05, 4.69) is 14.9 Å². The number of halogens is 2. The van der Waals surface area contributed by atoms with Gasteiger partial charge in [0, 0.05) is 57.7 Å². The second-order valence-electron chi connectivity index (χ2n) is 7.16. The van der Waals surface area contributed by atoms with Gasteiger partial charge in [0.15, 0.2) is 0 Å². The van der Waals surface area contributed by atoms with Crippen molar-refractivity contribution in [2.24, 2.45) is 5.41 Å². The van der Waals surface area contributed by atoms with Gasteiger partial charge in [-0.1, -0.05) is 6.07 Å². The molecule has 0 amide bonds. The fourth-order valence-corrected chi connectivity index (χ4v) is 4.10.